The highest BCUT2D eigenvalue weighted by Crippen LogP contribution is 1.75. The molecule has 0 heterocycles. The Morgan fingerprint density at radius 3 is 2.78 bits per heavy atom. The fraction of sp³-hybridized carbons (Fsp3) is 0.333. The first kappa shape index (κ1) is 7.79. The molecule has 0 fully saturated rings. The average molecular weight is 123 g/mol. The quantitative estimate of drug-likeness (QED) is 0.367. The average Bonchev–Trinajstić information content (AvgIpc) is 1.89. The van der Waals surface area contributed by atoms with Crippen LogP contribution >= 0.6 is 0 Å². The molecule has 3 nitrogen and oxygen atoms in total. The topological polar surface area (TPSA) is 37.1 Å². The van der Waals surface area contributed by atoms with Crippen molar-refractivity contribution < 1.29 is 0 Å². The van der Waals surface area contributed by atoms with Crippen LogP contribution in [-0.4, -0.2) is 25.5 Å². The molecule has 0 unspecified atom stereocenters. The molecule has 0 aliphatic heterocycles. The van der Waals surface area contributed by atoms with E-state index in [1.165, 1.54) is 6.20 Å². The molecule has 48 valence electrons. The lowest BCUT2D eigenvalue weighted by Gasteiger charge is -1.79. The Kier molecular flexibility index (Phi) is 4.27. The van der Waals surface area contributed by atoms with Crippen molar-refractivity contribution in [3.8, 4) is 0 Å². The first-order valence-corrected chi connectivity index (χ1v) is 2.48. The largest absolute Gasteiger partial charge is 0.250 e. The normalized spacial score (nSPS) is 9.78. The molecular weight excluding hydrogens is 114 g/mol. The van der Waals surface area contributed by atoms with Gasteiger partial charge < -0.3 is 0 Å². The molecular formula is C6H9N3. The van der Waals surface area contributed by atoms with E-state index in [-0.39, 0.29) is 0 Å². The maximum atomic E-state index is 3.79. The highest BCUT2D eigenvalue weighted by molar-refractivity contribution is 5.84. The van der Waals surface area contributed by atoms with Gasteiger partial charge >= 0.3 is 0 Å². The smallest absolute Gasteiger partial charge is 0.125 e. The Labute approximate surface area is 54.6 Å². The third-order valence-corrected chi connectivity index (χ3v) is 0.667. The summed E-state index contributed by atoms with van der Waals surface area (Å²) in [5.41, 5.74) is 0. The van der Waals surface area contributed by atoms with E-state index in [4.69, 9.17) is 0 Å². The summed E-state index contributed by atoms with van der Waals surface area (Å²) in [6.45, 7) is 5.03. The Balaban J connectivity index is 3.98. The van der Waals surface area contributed by atoms with E-state index in [9.17, 15) is 0 Å². The van der Waals surface area contributed by atoms with Gasteiger partial charge in [0.1, 0.15) is 5.84 Å². The van der Waals surface area contributed by atoms with Crippen LogP contribution in [0.15, 0.2) is 21.2 Å². The summed E-state index contributed by atoms with van der Waals surface area (Å²) in [4.78, 5) is 10.9. The van der Waals surface area contributed by atoms with Crippen LogP contribution in [-0.2, 0) is 0 Å². The summed E-state index contributed by atoms with van der Waals surface area (Å²) in [5, 5.41) is 0. The van der Waals surface area contributed by atoms with E-state index in [1.807, 2.05) is 0 Å². The number of hydrogen-bond acceptors (Lipinski definition) is 2. The van der Waals surface area contributed by atoms with E-state index >= 15 is 0 Å². The molecule has 0 aromatic heterocycles. The van der Waals surface area contributed by atoms with Gasteiger partial charge in [0.2, 0.25) is 0 Å². The Morgan fingerprint density at radius 2 is 2.33 bits per heavy atom. The molecule has 3 heteroatoms. The van der Waals surface area contributed by atoms with Gasteiger partial charge in [0.05, 0.1) is 6.20 Å². The van der Waals surface area contributed by atoms with Gasteiger partial charge in [-0.25, -0.2) is 15.0 Å². The lowest BCUT2D eigenvalue weighted by Crippen LogP contribution is -1.79. The summed E-state index contributed by atoms with van der Waals surface area (Å²) < 4.78 is 0. The first-order chi connectivity index (χ1) is 4.31. The van der Waals surface area contributed by atoms with Gasteiger partial charge in [0.25, 0.3) is 0 Å². The molecule has 0 saturated heterocycles. The summed E-state index contributed by atoms with van der Waals surface area (Å²) in [6.07, 6.45) is 1.45. The zero-order chi connectivity index (χ0) is 7.11. The number of rotatable bonds is 1. The zero-order valence-electron chi connectivity index (χ0n) is 5.63. The van der Waals surface area contributed by atoms with E-state index in [0.717, 1.165) is 0 Å². The molecule has 0 radical (unpaired) electrons. The lowest BCUT2D eigenvalue weighted by molar-refractivity contribution is 1.45. The zero-order valence-corrected chi connectivity index (χ0v) is 5.63. The van der Waals surface area contributed by atoms with Gasteiger partial charge in [-0.15, -0.1) is 0 Å². The van der Waals surface area contributed by atoms with Gasteiger partial charge in [0, 0.05) is 12.9 Å². The third-order valence-electron chi connectivity index (χ3n) is 0.667. The minimum absolute atomic E-state index is 0.617. The summed E-state index contributed by atoms with van der Waals surface area (Å²) in [6, 6.07) is 0. The van der Waals surface area contributed by atoms with Crippen molar-refractivity contribution in [1.82, 2.24) is 0 Å². The van der Waals surface area contributed by atoms with Crippen LogP contribution in [0.25, 0.3) is 0 Å². The highest BCUT2D eigenvalue weighted by atomic mass is 14.9. The number of nitrogens with zero attached hydrogens (tertiary/aromatic N) is 3. The molecule has 0 aliphatic rings. The van der Waals surface area contributed by atoms with Gasteiger partial charge in [-0.05, 0) is 13.6 Å². The highest BCUT2D eigenvalue weighted by Gasteiger charge is 1.73. The fourth-order valence-corrected chi connectivity index (χ4v) is 0.221. The first-order valence-electron chi connectivity index (χ1n) is 2.48. The standard InChI is InChI=1S/C6H9N3/c1-6(8-3)9-5-4-7-2/h5H,3H2,1-2H3. The van der Waals surface area contributed by atoms with Crippen LogP contribution in [0.2, 0.25) is 0 Å². The maximum Gasteiger partial charge on any atom is 0.125 e. The molecule has 0 atom stereocenters. The second kappa shape index (κ2) is 4.94. The number of aliphatic imine (C=N–C) groups is 3. The van der Waals surface area contributed by atoms with Crippen LogP contribution in [0.5, 0.6) is 0 Å². The van der Waals surface area contributed by atoms with Gasteiger partial charge in [0.15, 0.2) is 0 Å². The van der Waals surface area contributed by atoms with E-state index in [1.54, 1.807) is 14.0 Å². The molecule has 0 amide bonds. The van der Waals surface area contributed by atoms with E-state index in [0.29, 0.717) is 5.84 Å². The monoisotopic (exact) mass is 123 g/mol. The maximum absolute atomic E-state index is 3.79. The van der Waals surface area contributed by atoms with Crippen molar-refractivity contribution in [3.05, 3.63) is 6.20 Å². The second-order valence-corrected chi connectivity index (χ2v) is 1.32. The second-order valence-electron chi connectivity index (χ2n) is 1.32. The summed E-state index contributed by atoms with van der Waals surface area (Å²) in [7, 11) is 1.63. The van der Waals surface area contributed by atoms with Crippen molar-refractivity contribution in [2.45, 2.75) is 6.92 Å². The molecule has 0 aromatic rings. The minimum atomic E-state index is 0.617. The lowest BCUT2D eigenvalue weighted by atomic mass is 10.7. The Morgan fingerprint density at radius 1 is 1.67 bits per heavy atom. The molecule has 0 aliphatic carbocycles. The predicted molar refractivity (Wildman–Crippen MR) is 40.6 cm³/mol. The SMILES string of the molecule is C=NC(C)=NC=C=NC. The molecule has 0 saturated carbocycles. The van der Waals surface area contributed by atoms with Crippen molar-refractivity contribution >= 4 is 18.4 Å². The third kappa shape index (κ3) is 4.65. The van der Waals surface area contributed by atoms with Gasteiger partial charge in [-0.3, -0.25) is 0 Å². The van der Waals surface area contributed by atoms with Crippen LogP contribution in [0.1, 0.15) is 6.92 Å². The fourth-order valence-electron chi connectivity index (χ4n) is 0.221. The number of hydrogen-bond donors (Lipinski definition) is 0. The van der Waals surface area contributed by atoms with Crippen LogP contribution < -0.4 is 0 Å². The Bertz CT molecular complexity index is 173. The molecule has 9 heavy (non-hydrogen) atoms. The minimum Gasteiger partial charge on any atom is -0.250 e. The Hall–Kier alpha value is -1.21. The van der Waals surface area contributed by atoms with Crippen molar-refractivity contribution in [1.29, 1.82) is 0 Å². The molecule has 0 aromatic carbocycles. The molecule has 0 bridgehead atoms. The number of amidine groups is 1. The van der Waals surface area contributed by atoms with E-state index < -0.39 is 0 Å². The molecule has 0 spiro atoms. The van der Waals surface area contributed by atoms with Crippen molar-refractivity contribution in [2.24, 2.45) is 15.0 Å². The van der Waals surface area contributed by atoms with E-state index in [2.05, 4.69) is 27.6 Å². The summed E-state index contributed by atoms with van der Waals surface area (Å²) in [5.74, 6) is 3.16. The summed E-state index contributed by atoms with van der Waals surface area (Å²) >= 11 is 0. The molecule has 0 rings (SSSR count). The van der Waals surface area contributed by atoms with Gasteiger partial charge in [-0.1, -0.05) is 0 Å². The predicted octanol–water partition coefficient (Wildman–Crippen LogP) is 0.919. The van der Waals surface area contributed by atoms with Crippen molar-refractivity contribution in [2.75, 3.05) is 7.05 Å². The van der Waals surface area contributed by atoms with Crippen LogP contribution in [0, 0.1) is 0 Å². The van der Waals surface area contributed by atoms with Crippen molar-refractivity contribution in [3.63, 3.8) is 0 Å². The molecule has 0 N–H and O–H groups in total. The van der Waals surface area contributed by atoms with Crippen LogP contribution in [0.3, 0.4) is 0 Å². The van der Waals surface area contributed by atoms with Crippen LogP contribution in [0.4, 0.5) is 0 Å². The van der Waals surface area contributed by atoms with Gasteiger partial charge in [-0.2, -0.15) is 0 Å².